The van der Waals surface area contributed by atoms with E-state index < -0.39 is 0 Å². The Hall–Kier alpha value is -0.0500. The largest absolute Gasteiger partial charge is 0.352 e. The first-order valence-electron chi connectivity index (χ1n) is 5.77. The van der Waals surface area contributed by atoms with Crippen molar-refractivity contribution in [3.8, 4) is 0 Å². The van der Waals surface area contributed by atoms with Crippen LogP contribution in [0, 0.1) is 16.7 Å². The summed E-state index contributed by atoms with van der Waals surface area (Å²) in [7, 11) is 0. The third kappa shape index (κ3) is 1.46. The van der Waals surface area contributed by atoms with Crippen molar-refractivity contribution in [2.24, 2.45) is 16.7 Å². The summed E-state index contributed by atoms with van der Waals surface area (Å²) in [5, 5.41) is 3.59. The molecule has 0 saturated heterocycles. The number of halogens is 1. The van der Waals surface area contributed by atoms with E-state index in [1.54, 1.807) is 0 Å². The number of alkyl halides is 1. The molecule has 1 N–H and O–H groups in total. The lowest BCUT2D eigenvalue weighted by Crippen LogP contribution is -2.47. The van der Waals surface area contributed by atoms with Gasteiger partial charge in [0.2, 0.25) is 5.91 Å². The highest BCUT2D eigenvalue weighted by molar-refractivity contribution is 9.09. The van der Waals surface area contributed by atoms with Crippen molar-refractivity contribution in [3.05, 3.63) is 0 Å². The van der Waals surface area contributed by atoms with E-state index in [9.17, 15) is 4.79 Å². The van der Waals surface area contributed by atoms with Gasteiger partial charge in [-0.15, -0.1) is 0 Å². The van der Waals surface area contributed by atoms with Crippen LogP contribution in [0.25, 0.3) is 0 Å². The van der Waals surface area contributed by atoms with Gasteiger partial charge in [0.05, 0.1) is 5.33 Å². The number of hydrogen-bond acceptors (Lipinski definition) is 1. The van der Waals surface area contributed by atoms with Gasteiger partial charge in [0, 0.05) is 6.04 Å². The Morgan fingerprint density at radius 1 is 1.47 bits per heavy atom. The van der Waals surface area contributed by atoms with Gasteiger partial charge in [0.1, 0.15) is 0 Å². The molecule has 0 aromatic heterocycles. The minimum Gasteiger partial charge on any atom is -0.352 e. The number of rotatable bonds is 2. The molecule has 2 aliphatic rings. The van der Waals surface area contributed by atoms with E-state index in [0.29, 0.717) is 22.2 Å². The Labute approximate surface area is 100 Å². The summed E-state index contributed by atoms with van der Waals surface area (Å²) in [6, 6.07) is 0.385. The fourth-order valence-electron chi connectivity index (χ4n) is 3.65. The van der Waals surface area contributed by atoms with Gasteiger partial charge in [-0.1, -0.05) is 36.7 Å². The molecule has 3 heteroatoms. The first-order chi connectivity index (χ1) is 6.91. The molecule has 0 aliphatic heterocycles. The van der Waals surface area contributed by atoms with Crippen molar-refractivity contribution in [3.63, 3.8) is 0 Å². The maximum Gasteiger partial charge on any atom is 0.230 e. The number of hydrogen-bond donors (Lipinski definition) is 1. The van der Waals surface area contributed by atoms with Crippen LogP contribution in [0.4, 0.5) is 0 Å². The molecular formula is C12H20BrNO. The lowest BCUT2D eigenvalue weighted by Gasteiger charge is -2.39. The Morgan fingerprint density at radius 2 is 2.13 bits per heavy atom. The summed E-state index contributed by atoms with van der Waals surface area (Å²) < 4.78 is 0. The molecule has 2 rings (SSSR count). The minimum atomic E-state index is 0.129. The van der Waals surface area contributed by atoms with E-state index >= 15 is 0 Å². The van der Waals surface area contributed by atoms with E-state index in [1.165, 1.54) is 19.3 Å². The molecule has 0 aromatic carbocycles. The number of nitrogens with one attached hydrogen (secondary N) is 1. The molecule has 86 valence electrons. The van der Waals surface area contributed by atoms with Crippen LogP contribution < -0.4 is 5.32 Å². The van der Waals surface area contributed by atoms with E-state index in [0.717, 1.165) is 5.92 Å². The lowest BCUT2D eigenvalue weighted by atomic mass is 9.69. The van der Waals surface area contributed by atoms with Crippen molar-refractivity contribution >= 4 is 21.8 Å². The molecule has 3 atom stereocenters. The SMILES string of the molecule is CC1(C)[C@H]2CC[C@]1(C)[C@H](NC(=O)CBr)C2. The summed E-state index contributed by atoms with van der Waals surface area (Å²) in [4.78, 5) is 11.4. The molecule has 0 aromatic rings. The molecule has 1 amide bonds. The maximum atomic E-state index is 11.4. The highest BCUT2D eigenvalue weighted by Crippen LogP contribution is 2.65. The van der Waals surface area contributed by atoms with E-state index in [2.05, 4.69) is 42.0 Å². The second-order valence-corrected chi connectivity index (χ2v) is 6.42. The summed E-state index contributed by atoms with van der Waals surface area (Å²) >= 11 is 3.21. The fraction of sp³-hybridized carbons (Fsp3) is 0.917. The van der Waals surface area contributed by atoms with Crippen LogP contribution in [0.3, 0.4) is 0 Å². The number of fused-ring (bicyclic) bond motifs is 2. The quantitative estimate of drug-likeness (QED) is 0.771. The average molecular weight is 274 g/mol. The van der Waals surface area contributed by atoms with Gasteiger partial charge in [0.15, 0.2) is 0 Å². The van der Waals surface area contributed by atoms with Gasteiger partial charge in [-0.05, 0) is 36.0 Å². The second kappa shape index (κ2) is 3.47. The van der Waals surface area contributed by atoms with Crippen molar-refractivity contribution in [2.75, 3.05) is 5.33 Å². The number of amides is 1. The Morgan fingerprint density at radius 3 is 2.53 bits per heavy atom. The zero-order chi connectivity index (χ0) is 11.3. The lowest BCUT2D eigenvalue weighted by molar-refractivity contribution is -0.120. The first-order valence-corrected chi connectivity index (χ1v) is 6.89. The normalized spacial score (nSPS) is 41.9. The molecule has 2 fully saturated rings. The van der Waals surface area contributed by atoms with Gasteiger partial charge in [-0.25, -0.2) is 0 Å². The van der Waals surface area contributed by atoms with E-state index in [4.69, 9.17) is 0 Å². The molecule has 0 unspecified atom stereocenters. The van der Waals surface area contributed by atoms with Gasteiger partial charge in [0.25, 0.3) is 0 Å². The Bertz CT molecular complexity index is 289. The van der Waals surface area contributed by atoms with Crippen molar-refractivity contribution in [1.82, 2.24) is 5.32 Å². The highest BCUT2D eigenvalue weighted by Gasteiger charge is 2.61. The Balaban J connectivity index is 2.15. The van der Waals surface area contributed by atoms with Crippen LogP contribution in [0.15, 0.2) is 0 Å². The van der Waals surface area contributed by atoms with Crippen LogP contribution in [0.1, 0.15) is 40.0 Å². The Kier molecular flexibility index (Phi) is 2.65. The summed E-state index contributed by atoms with van der Waals surface area (Å²) in [6.45, 7) is 7.08. The summed E-state index contributed by atoms with van der Waals surface area (Å²) in [5.74, 6) is 0.924. The molecule has 15 heavy (non-hydrogen) atoms. The van der Waals surface area contributed by atoms with Crippen molar-refractivity contribution < 1.29 is 4.79 Å². The zero-order valence-corrected chi connectivity index (χ0v) is 11.4. The molecule has 0 radical (unpaired) electrons. The second-order valence-electron chi connectivity index (χ2n) is 5.86. The number of carbonyl (C=O) groups excluding carboxylic acids is 1. The van der Waals surface area contributed by atoms with Crippen LogP contribution in [0.5, 0.6) is 0 Å². The van der Waals surface area contributed by atoms with Crippen LogP contribution in [-0.4, -0.2) is 17.3 Å². The fourth-order valence-corrected chi connectivity index (χ4v) is 3.82. The van der Waals surface area contributed by atoms with Gasteiger partial charge in [-0.3, -0.25) is 4.79 Å². The van der Waals surface area contributed by atoms with Gasteiger partial charge < -0.3 is 5.32 Å². The minimum absolute atomic E-state index is 0.129. The van der Waals surface area contributed by atoms with Crippen molar-refractivity contribution in [1.29, 1.82) is 0 Å². The molecular weight excluding hydrogens is 254 g/mol. The third-order valence-electron chi connectivity index (χ3n) is 5.25. The molecule has 2 nitrogen and oxygen atoms in total. The predicted octanol–water partition coefficient (Wildman–Crippen LogP) is 2.71. The molecule has 2 bridgehead atoms. The summed E-state index contributed by atoms with van der Waals surface area (Å²) in [5.41, 5.74) is 0.687. The molecule has 0 spiro atoms. The predicted molar refractivity (Wildman–Crippen MR) is 65.0 cm³/mol. The van der Waals surface area contributed by atoms with Crippen LogP contribution in [-0.2, 0) is 4.79 Å². The molecule has 0 heterocycles. The molecule has 2 aliphatic carbocycles. The third-order valence-corrected chi connectivity index (χ3v) is 5.76. The standard InChI is InChI=1S/C12H20BrNO/c1-11(2)8-4-5-12(11,3)9(6-8)14-10(15)7-13/h8-9H,4-7H2,1-3H3,(H,14,15)/t8-,9+,12+/m0/s1. The average Bonchev–Trinajstić information content (AvgIpc) is 2.50. The van der Waals surface area contributed by atoms with E-state index in [-0.39, 0.29) is 5.91 Å². The topological polar surface area (TPSA) is 29.1 Å². The maximum absolute atomic E-state index is 11.4. The summed E-state index contributed by atoms with van der Waals surface area (Å²) in [6.07, 6.45) is 3.77. The molecule has 2 saturated carbocycles. The van der Waals surface area contributed by atoms with Gasteiger partial charge >= 0.3 is 0 Å². The smallest absolute Gasteiger partial charge is 0.230 e. The number of carbonyl (C=O) groups is 1. The van der Waals surface area contributed by atoms with Crippen LogP contribution >= 0.6 is 15.9 Å². The van der Waals surface area contributed by atoms with Crippen LogP contribution in [0.2, 0.25) is 0 Å². The first kappa shape index (κ1) is 11.4. The monoisotopic (exact) mass is 273 g/mol. The van der Waals surface area contributed by atoms with Crippen molar-refractivity contribution in [2.45, 2.75) is 46.1 Å². The van der Waals surface area contributed by atoms with Gasteiger partial charge in [-0.2, -0.15) is 0 Å². The highest BCUT2D eigenvalue weighted by atomic mass is 79.9. The zero-order valence-electron chi connectivity index (χ0n) is 9.77. The van der Waals surface area contributed by atoms with E-state index in [1.807, 2.05) is 0 Å².